The number of aldehydes is 1. The van der Waals surface area contributed by atoms with Gasteiger partial charge in [0.1, 0.15) is 18.1 Å². The second-order valence-corrected chi connectivity index (χ2v) is 4.41. The summed E-state index contributed by atoms with van der Waals surface area (Å²) in [6, 6.07) is 9.45. The minimum absolute atomic E-state index is 0.0210. The first-order valence-corrected chi connectivity index (χ1v) is 6.40. The highest BCUT2D eigenvalue weighted by Crippen LogP contribution is 2.24. The fourth-order valence-corrected chi connectivity index (χ4v) is 1.80. The highest BCUT2D eigenvalue weighted by Gasteiger charge is 2.11. The standard InChI is InChI=1S/C15H11F2NO5/c16-15(17)23-13-4-1-10(2-5-13)9-22-14-6-3-12(18(20)21)7-11(14)8-19/h1-8,15H,9H2. The summed E-state index contributed by atoms with van der Waals surface area (Å²) in [5.41, 5.74) is 0.492. The van der Waals surface area contributed by atoms with Crippen LogP contribution in [0.15, 0.2) is 42.5 Å². The Bertz CT molecular complexity index is 704. The van der Waals surface area contributed by atoms with Gasteiger partial charge >= 0.3 is 6.61 Å². The van der Waals surface area contributed by atoms with Gasteiger partial charge in [0.15, 0.2) is 6.29 Å². The van der Waals surface area contributed by atoms with Gasteiger partial charge in [0, 0.05) is 12.1 Å². The lowest BCUT2D eigenvalue weighted by Gasteiger charge is -2.09. The molecule has 0 aliphatic carbocycles. The Morgan fingerprint density at radius 1 is 1.17 bits per heavy atom. The Hall–Kier alpha value is -3.03. The Morgan fingerprint density at radius 3 is 2.43 bits per heavy atom. The molecule has 120 valence electrons. The Kier molecular flexibility index (Phi) is 5.19. The lowest BCUT2D eigenvalue weighted by Crippen LogP contribution is -2.02. The monoisotopic (exact) mass is 323 g/mol. The van der Waals surface area contributed by atoms with Gasteiger partial charge in [-0.15, -0.1) is 0 Å². The molecule has 0 spiro atoms. The molecule has 0 saturated carbocycles. The maximum Gasteiger partial charge on any atom is 0.387 e. The molecule has 0 unspecified atom stereocenters. The molecule has 0 radical (unpaired) electrons. The summed E-state index contributed by atoms with van der Waals surface area (Å²) in [7, 11) is 0. The minimum atomic E-state index is -2.90. The molecule has 0 amide bonds. The van der Waals surface area contributed by atoms with E-state index in [1.54, 1.807) is 0 Å². The van der Waals surface area contributed by atoms with Crippen LogP contribution in [-0.2, 0) is 6.61 Å². The molecule has 0 N–H and O–H groups in total. The molecule has 23 heavy (non-hydrogen) atoms. The third kappa shape index (κ3) is 4.47. The van der Waals surface area contributed by atoms with Gasteiger partial charge in [0.2, 0.25) is 0 Å². The molecule has 8 heteroatoms. The van der Waals surface area contributed by atoms with E-state index in [0.717, 1.165) is 6.07 Å². The van der Waals surface area contributed by atoms with Crippen LogP contribution in [0.25, 0.3) is 0 Å². The predicted octanol–water partition coefficient (Wildman–Crippen LogP) is 3.59. The van der Waals surface area contributed by atoms with E-state index in [2.05, 4.69) is 4.74 Å². The highest BCUT2D eigenvalue weighted by atomic mass is 19.3. The zero-order chi connectivity index (χ0) is 16.8. The second-order valence-electron chi connectivity index (χ2n) is 4.41. The topological polar surface area (TPSA) is 78.7 Å². The number of rotatable bonds is 7. The third-order valence-corrected chi connectivity index (χ3v) is 2.87. The molecule has 0 aliphatic heterocycles. The maximum atomic E-state index is 12.0. The smallest absolute Gasteiger partial charge is 0.387 e. The summed E-state index contributed by atoms with van der Waals surface area (Å²) < 4.78 is 33.7. The number of hydrogen-bond donors (Lipinski definition) is 0. The average molecular weight is 323 g/mol. The van der Waals surface area contributed by atoms with E-state index in [-0.39, 0.29) is 29.4 Å². The van der Waals surface area contributed by atoms with Crippen LogP contribution in [0.1, 0.15) is 15.9 Å². The van der Waals surface area contributed by atoms with Crippen LogP contribution in [0.2, 0.25) is 0 Å². The molecule has 0 saturated heterocycles. The number of nitrogens with zero attached hydrogens (tertiary/aromatic N) is 1. The number of hydrogen-bond acceptors (Lipinski definition) is 5. The van der Waals surface area contributed by atoms with Gasteiger partial charge in [0.25, 0.3) is 5.69 Å². The molecular weight excluding hydrogens is 312 g/mol. The van der Waals surface area contributed by atoms with Crippen LogP contribution in [-0.4, -0.2) is 17.8 Å². The first-order chi connectivity index (χ1) is 11.0. The van der Waals surface area contributed by atoms with Gasteiger partial charge in [-0.25, -0.2) is 0 Å². The van der Waals surface area contributed by atoms with E-state index < -0.39 is 11.5 Å². The molecule has 2 aromatic carbocycles. The van der Waals surface area contributed by atoms with Crippen molar-refractivity contribution in [2.75, 3.05) is 0 Å². The number of alkyl halides is 2. The van der Waals surface area contributed by atoms with Crippen molar-refractivity contribution in [3.8, 4) is 11.5 Å². The highest BCUT2D eigenvalue weighted by molar-refractivity contribution is 5.80. The summed E-state index contributed by atoms with van der Waals surface area (Å²) in [4.78, 5) is 21.0. The number of carbonyl (C=O) groups excluding carboxylic acids is 1. The van der Waals surface area contributed by atoms with Gasteiger partial charge in [-0.1, -0.05) is 12.1 Å². The summed E-state index contributed by atoms with van der Waals surface area (Å²) in [6.07, 6.45) is 0.460. The normalized spacial score (nSPS) is 10.4. The summed E-state index contributed by atoms with van der Waals surface area (Å²) >= 11 is 0. The SMILES string of the molecule is O=Cc1cc([N+](=O)[O-])ccc1OCc1ccc(OC(F)F)cc1. The van der Waals surface area contributed by atoms with Crippen molar-refractivity contribution >= 4 is 12.0 Å². The maximum absolute atomic E-state index is 12.0. The third-order valence-electron chi connectivity index (χ3n) is 2.87. The summed E-state index contributed by atoms with van der Waals surface area (Å²) in [6.45, 7) is -2.83. The second kappa shape index (κ2) is 7.30. The van der Waals surface area contributed by atoms with E-state index in [1.165, 1.54) is 36.4 Å². The van der Waals surface area contributed by atoms with E-state index in [9.17, 15) is 23.7 Å². The van der Waals surface area contributed by atoms with Crippen LogP contribution in [0.3, 0.4) is 0 Å². The van der Waals surface area contributed by atoms with Crippen molar-refractivity contribution in [3.05, 3.63) is 63.7 Å². The first kappa shape index (κ1) is 16.3. The first-order valence-electron chi connectivity index (χ1n) is 6.40. The number of benzene rings is 2. The largest absolute Gasteiger partial charge is 0.488 e. The number of non-ortho nitro benzene ring substituents is 1. The van der Waals surface area contributed by atoms with Gasteiger partial charge in [-0.3, -0.25) is 14.9 Å². The lowest BCUT2D eigenvalue weighted by molar-refractivity contribution is -0.384. The van der Waals surface area contributed by atoms with Gasteiger partial charge < -0.3 is 9.47 Å². The lowest BCUT2D eigenvalue weighted by atomic mass is 10.2. The van der Waals surface area contributed by atoms with E-state index in [0.29, 0.717) is 11.8 Å². The number of ether oxygens (including phenoxy) is 2. The Labute approximate surface area is 129 Å². The number of nitro benzene ring substituents is 1. The number of halogens is 2. The summed E-state index contributed by atoms with van der Waals surface area (Å²) in [5.74, 6) is 0.214. The molecule has 0 bridgehead atoms. The molecule has 2 rings (SSSR count). The fraction of sp³-hybridized carbons (Fsp3) is 0.133. The van der Waals surface area contributed by atoms with Crippen molar-refractivity contribution in [3.63, 3.8) is 0 Å². The van der Waals surface area contributed by atoms with Crippen molar-refractivity contribution in [1.82, 2.24) is 0 Å². The quantitative estimate of drug-likeness (QED) is 0.442. The van der Waals surface area contributed by atoms with Crippen LogP contribution in [0.4, 0.5) is 14.5 Å². The van der Waals surface area contributed by atoms with Crippen molar-refractivity contribution in [2.45, 2.75) is 13.2 Å². The molecule has 6 nitrogen and oxygen atoms in total. The van der Waals surface area contributed by atoms with Crippen molar-refractivity contribution < 1.29 is 28.0 Å². The molecule has 0 aromatic heterocycles. The molecular formula is C15H11F2NO5. The Balaban J connectivity index is 2.05. The molecule has 0 atom stereocenters. The van der Waals surface area contributed by atoms with E-state index >= 15 is 0 Å². The summed E-state index contributed by atoms with van der Waals surface area (Å²) in [5, 5.41) is 10.7. The van der Waals surface area contributed by atoms with Crippen LogP contribution in [0.5, 0.6) is 11.5 Å². The zero-order valence-electron chi connectivity index (χ0n) is 11.6. The van der Waals surface area contributed by atoms with Crippen LogP contribution in [0, 0.1) is 10.1 Å². The van der Waals surface area contributed by atoms with Crippen molar-refractivity contribution in [2.24, 2.45) is 0 Å². The van der Waals surface area contributed by atoms with E-state index in [1.807, 2.05) is 0 Å². The average Bonchev–Trinajstić information content (AvgIpc) is 2.53. The molecule has 2 aromatic rings. The predicted molar refractivity (Wildman–Crippen MR) is 75.9 cm³/mol. The van der Waals surface area contributed by atoms with Gasteiger partial charge in [0.05, 0.1) is 10.5 Å². The molecule has 0 heterocycles. The molecule has 0 aliphatic rings. The van der Waals surface area contributed by atoms with Gasteiger partial charge in [-0.05, 0) is 23.8 Å². The molecule has 0 fully saturated rings. The van der Waals surface area contributed by atoms with Crippen molar-refractivity contribution in [1.29, 1.82) is 0 Å². The van der Waals surface area contributed by atoms with Crippen LogP contribution >= 0.6 is 0 Å². The fourth-order valence-electron chi connectivity index (χ4n) is 1.80. The number of nitro groups is 1. The minimum Gasteiger partial charge on any atom is -0.488 e. The van der Waals surface area contributed by atoms with Crippen LogP contribution < -0.4 is 9.47 Å². The Morgan fingerprint density at radius 2 is 1.87 bits per heavy atom. The number of carbonyl (C=O) groups is 1. The van der Waals surface area contributed by atoms with E-state index in [4.69, 9.17) is 4.74 Å². The van der Waals surface area contributed by atoms with Gasteiger partial charge in [-0.2, -0.15) is 8.78 Å². The zero-order valence-corrected chi connectivity index (χ0v) is 11.6.